The lowest BCUT2D eigenvalue weighted by Gasteiger charge is -2.26. The fourth-order valence-electron chi connectivity index (χ4n) is 3.06. The molecule has 3 rings (SSSR count). The molecule has 5 nitrogen and oxygen atoms in total. The maximum atomic E-state index is 12.9. The molecule has 1 heterocycles. The van der Waals surface area contributed by atoms with Gasteiger partial charge in [-0.2, -0.15) is 4.31 Å². The molecule has 0 amide bonds. The van der Waals surface area contributed by atoms with Gasteiger partial charge in [-0.05, 0) is 30.5 Å². The minimum absolute atomic E-state index is 0.00751. The maximum absolute atomic E-state index is 12.9. The third-order valence-corrected chi connectivity index (χ3v) is 7.29. The Kier molecular flexibility index (Phi) is 7.12. The van der Waals surface area contributed by atoms with E-state index >= 15 is 0 Å². The summed E-state index contributed by atoms with van der Waals surface area (Å²) in [5, 5.41) is 0.164. The van der Waals surface area contributed by atoms with Crippen LogP contribution < -0.4 is 0 Å². The number of halogens is 2. The van der Waals surface area contributed by atoms with E-state index in [1.54, 1.807) is 36.4 Å². The van der Waals surface area contributed by atoms with Gasteiger partial charge in [-0.1, -0.05) is 66.0 Å². The SMILES string of the molecule is O=C(c1ccccc1)C(Cl)OCc1ccc(Cl)c(S(=O)(=O)N2CCCCC2)c1. The molecular formula is C20H21Cl2NO4S. The first kappa shape index (κ1) is 21.3. The van der Waals surface area contributed by atoms with Crippen molar-refractivity contribution in [1.29, 1.82) is 0 Å². The molecule has 28 heavy (non-hydrogen) atoms. The summed E-state index contributed by atoms with van der Waals surface area (Å²) in [4.78, 5) is 12.3. The van der Waals surface area contributed by atoms with Gasteiger partial charge < -0.3 is 4.74 Å². The van der Waals surface area contributed by atoms with Crippen molar-refractivity contribution >= 4 is 39.0 Å². The van der Waals surface area contributed by atoms with Crippen molar-refractivity contribution in [2.45, 2.75) is 36.3 Å². The number of ether oxygens (including phenoxy) is 1. The summed E-state index contributed by atoms with van der Waals surface area (Å²) in [5.41, 5.74) is -0.140. The molecule has 1 saturated heterocycles. The van der Waals surface area contributed by atoms with Crippen LogP contribution in [0.3, 0.4) is 0 Å². The van der Waals surface area contributed by atoms with Crippen molar-refractivity contribution in [1.82, 2.24) is 4.31 Å². The lowest BCUT2D eigenvalue weighted by Crippen LogP contribution is -2.35. The molecule has 0 saturated carbocycles. The number of ketones is 1. The van der Waals surface area contributed by atoms with Crippen molar-refractivity contribution < 1.29 is 17.9 Å². The van der Waals surface area contributed by atoms with E-state index in [0.717, 1.165) is 19.3 Å². The molecule has 1 aliphatic heterocycles. The van der Waals surface area contributed by atoms with Gasteiger partial charge in [-0.15, -0.1) is 0 Å². The zero-order chi connectivity index (χ0) is 20.1. The van der Waals surface area contributed by atoms with Gasteiger partial charge in [-0.25, -0.2) is 8.42 Å². The van der Waals surface area contributed by atoms with Gasteiger partial charge >= 0.3 is 0 Å². The lowest BCUT2D eigenvalue weighted by molar-refractivity contribution is 0.0612. The number of carbonyl (C=O) groups excluding carboxylic acids is 1. The third kappa shape index (κ3) is 4.93. The van der Waals surface area contributed by atoms with Crippen molar-refractivity contribution in [3.8, 4) is 0 Å². The Labute approximate surface area is 175 Å². The number of nitrogens with zero attached hydrogens (tertiary/aromatic N) is 1. The number of hydrogen-bond acceptors (Lipinski definition) is 4. The second kappa shape index (κ2) is 9.37. The number of piperidine rings is 1. The summed E-state index contributed by atoms with van der Waals surface area (Å²) in [6.45, 7) is 0.982. The van der Waals surface area contributed by atoms with E-state index in [-0.39, 0.29) is 22.3 Å². The molecule has 150 valence electrons. The van der Waals surface area contributed by atoms with Gasteiger partial charge in [0, 0.05) is 18.7 Å². The summed E-state index contributed by atoms with van der Waals surface area (Å²) >= 11 is 12.2. The van der Waals surface area contributed by atoms with Gasteiger partial charge in [-0.3, -0.25) is 4.79 Å². The molecule has 0 aliphatic carbocycles. The average molecular weight is 442 g/mol. The highest BCUT2D eigenvalue weighted by atomic mass is 35.5. The van der Waals surface area contributed by atoms with Crippen LogP contribution in [0.15, 0.2) is 53.4 Å². The Morgan fingerprint density at radius 3 is 2.43 bits per heavy atom. The average Bonchev–Trinajstić information content (AvgIpc) is 2.73. The molecule has 1 atom stereocenters. The Bertz CT molecular complexity index is 928. The molecule has 1 unspecified atom stereocenters. The van der Waals surface area contributed by atoms with Crippen molar-refractivity contribution in [3.63, 3.8) is 0 Å². The Balaban J connectivity index is 1.72. The Morgan fingerprint density at radius 2 is 1.75 bits per heavy atom. The van der Waals surface area contributed by atoms with Gasteiger partial charge in [0.25, 0.3) is 0 Å². The minimum atomic E-state index is -3.67. The standard InChI is InChI=1S/C20H21Cl2NO4S/c21-17-10-9-15(13-18(17)28(25,26)23-11-5-2-6-12-23)14-27-20(22)19(24)16-7-3-1-4-8-16/h1,3-4,7-10,13,20H,2,5-6,11-12,14H2. The van der Waals surface area contributed by atoms with Crippen LogP contribution in [0.5, 0.6) is 0 Å². The molecule has 1 fully saturated rings. The van der Waals surface area contributed by atoms with Crippen LogP contribution in [-0.4, -0.2) is 37.2 Å². The highest BCUT2D eigenvalue weighted by Gasteiger charge is 2.28. The normalized spacial score (nSPS) is 16.6. The van der Waals surface area contributed by atoms with E-state index in [4.69, 9.17) is 27.9 Å². The van der Waals surface area contributed by atoms with Crippen molar-refractivity contribution in [3.05, 3.63) is 64.7 Å². The Morgan fingerprint density at radius 1 is 1.07 bits per heavy atom. The smallest absolute Gasteiger partial charge is 0.244 e. The molecule has 2 aromatic carbocycles. The fourth-order valence-corrected chi connectivity index (χ4v) is 5.29. The van der Waals surface area contributed by atoms with Gasteiger partial charge in [0.05, 0.1) is 11.6 Å². The van der Waals surface area contributed by atoms with Crippen molar-refractivity contribution in [2.24, 2.45) is 0 Å². The van der Waals surface area contributed by atoms with Crippen LogP contribution in [0.2, 0.25) is 5.02 Å². The fraction of sp³-hybridized carbons (Fsp3) is 0.350. The molecule has 0 N–H and O–H groups in total. The first-order valence-corrected chi connectivity index (χ1v) is 11.3. The number of rotatable bonds is 7. The lowest BCUT2D eigenvalue weighted by atomic mass is 10.1. The van der Waals surface area contributed by atoms with Crippen molar-refractivity contribution in [2.75, 3.05) is 13.1 Å². The monoisotopic (exact) mass is 441 g/mol. The van der Waals surface area contributed by atoms with E-state index in [2.05, 4.69) is 0 Å². The highest BCUT2D eigenvalue weighted by molar-refractivity contribution is 7.89. The predicted molar refractivity (Wildman–Crippen MR) is 109 cm³/mol. The van der Waals surface area contributed by atoms with Crippen LogP contribution in [-0.2, 0) is 21.4 Å². The zero-order valence-corrected chi connectivity index (χ0v) is 17.5. The maximum Gasteiger partial charge on any atom is 0.244 e. The number of alkyl halides is 1. The molecule has 2 aromatic rings. The van der Waals surface area contributed by atoms with Gasteiger partial charge in [0.15, 0.2) is 5.56 Å². The summed E-state index contributed by atoms with van der Waals surface area (Å²) in [5.74, 6) is -0.350. The second-order valence-electron chi connectivity index (χ2n) is 6.59. The van der Waals surface area contributed by atoms with E-state index in [1.807, 2.05) is 0 Å². The minimum Gasteiger partial charge on any atom is -0.350 e. The second-order valence-corrected chi connectivity index (χ2v) is 9.30. The topological polar surface area (TPSA) is 63.7 Å². The van der Waals surface area contributed by atoms with Gasteiger partial charge in [0.1, 0.15) is 4.90 Å². The molecular weight excluding hydrogens is 421 g/mol. The van der Waals surface area contributed by atoms with Crippen LogP contribution in [0.25, 0.3) is 0 Å². The quantitative estimate of drug-likeness (QED) is 0.469. The zero-order valence-electron chi connectivity index (χ0n) is 15.2. The first-order valence-electron chi connectivity index (χ1n) is 9.03. The van der Waals surface area contributed by atoms with Crippen LogP contribution in [0.4, 0.5) is 0 Å². The van der Waals surface area contributed by atoms with E-state index in [1.165, 1.54) is 16.4 Å². The third-order valence-electron chi connectivity index (χ3n) is 4.59. The molecule has 0 radical (unpaired) electrons. The summed E-state index contributed by atoms with van der Waals surface area (Å²) in [6.07, 6.45) is 2.71. The number of sulfonamides is 1. The van der Waals surface area contributed by atoms with E-state index in [9.17, 15) is 13.2 Å². The Hall–Kier alpha value is -1.44. The number of benzene rings is 2. The molecule has 0 aromatic heterocycles. The number of hydrogen-bond donors (Lipinski definition) is 0. The number of Topliss-reactive ketones (excluding diaryl/α,β-unsaturated/α-hetero) is 1. The molecule has 0 spiro atoms. The molecule has 1 aliphatic rings. The number of carbonyl (C=O) groups is 1. The predicted octanol–water partition coefficient (Wildman–Crippen LogP) is 4.48. The summed E-state index contributed by atoms with van der Waals surface area (Å²) in [6, 6.07) is 13.3. The van der Waals surface area contributed by atoms with Gasteiger partial charge in [0.2, 0.25) is 15.8 Å². The largest absolute Gasteiger partial charge is 0.350 e. The first-order chi connectivity index (χ1) is 13.4. The van der Waals surface area contributed by atoms with Crippen LogP contribution in [0, 0.1) is 0 Å². The summed E-state index contributed by atoms with van der Waals surface area (Å²) < 4.78 is 32.7. The molecule has 0 bridgehead atoms. The van der Waals surface area contributed by atoms with E-state index < -0.39 is 15.6 Å². The van der Waals surface area contributed by atoms with Crippen LogP contribution in [0.1, 0.15) is 35.2 Å². The van der Waals surface area contributed by atoms with Crippen LogP contribution >= 0.6 is 23.2 Å². The summed E-state index contributed by atoms with van der Waals surface area (Å²) in [7, 11) is -3.67. The van der Waals surface area contributed by atoms with E-state index in [0.29, 0.717) is 24.2 Å². The highest BCUT2D eigenvalue weighted by Crippen LogP contribution is 2.28. The molecule has 8 heteroatoms.